The molecular weight excluding hydrogens is 532 g/mol. The Bertz CT molecular complexity index is 1460. The van der Waals surface area contributed by atoms with Gasteiger partial charge in [-0.3, -0.25) is 4.79 Å². The van der Waals surface area contributed by atoms with E-state index < -0.39 is 12.2 Å². The molecule has 0 aromatic heterocycles. The van der Waals surface area contributed by atoms with Crippen molar-refractivity contribution in [3.05, 3.63) is 119 Å². The molecule has 7 heteroatoms. The van der Waals surface area contributed by atoms with Crippen LogP contribution in [0.25, 0.3) is 0 Å². The first-order chi connectivity index (χ1) is 20.5. The van der Waals surface area contributed by atoms with Crippen LogP contribution in [-0.2, 0) is 24.4 Å². The van der Waals surface area contributed by atoms with E-state index in [0.29, 0.717) is 54.6 Å². The standard InChI is InChI=1S/C35H36O7/c1-38-34-18-26(13-15-31(34)40-22-24-9-5-3-6-10-24)17-33-30(37)21-28(42-33)20-29(36)27-14-16-32(35(19-27)39-2)41-23-25-11-7-4-8-12-25/h3-16,18-19,28,30,33,37H,17,20-23H2,1-2H3/t28-,30-,33+/m0/s1. The van der Waals surface area contributed by atoms with Gasteiger partial charge in [0, 0.05) is 24.8 Å². The molecule has 0 bridgehead atoms. The summed E-state index contributed by atoms with van der Waals surface area (Å²) in [5.74, 6) is 2.24. The zero-order valence-electron chi connectivity index (χ0n) is 23.9. The number of rotatable bonds is 13. The maximum atomic E-state index is 13.1. The van der Waals surface area contributed by atoms with Gasteiger partial charge in [-0.05, 0) is 47.0 Å². The third-order valence-electron chi connectivity index (χ3n) is 7.34. The second-order valence-electron chi connectivity index (χ2n) is 10.3. The zero-order chi connectivity index (χ0) is 29.3. The molecule has 1 heterocycles. The average Bonchev–Trinajstić information content (AvgIpc) is 3.37. The van der Waals surface area contributed by atoms with Crippen LogP contribution in [0.2, 0.25) is 0 Å². The highest BCUT2D eigenvalue weighted by atomic mass is 16.5. The average molecular weight is 569 g/mol. The molecule has 4 aromatic carbocycles. The van der Waals surface area contributed by atoms with Gasteiger partial charge >= 0.3 is 0 Å². The zero-order valence-corrected chi connectivity index (χ0v) is 23.9. The summed E-state index contributed by atoms with van der Waals surface area (Å²) in [4.78, 5) is 13.1. The Balaban J connectivity index is 1.16. The number of aliphatic hydroxyl groups excluding tert-OH is 1. The maximum Gasteiger partial charge on any atom is 0.165 e. The molecular formula is C35H36O7. The lowest BCUT2D eigenvalue weighted by Gasteiger charge is -2.17. The van der Waals surface area contributed by atoms with Crippen molar-refractivity contribution >= 4 is 5.78 Å². The number of ketones is 1. The molecule has 3 atom stereocenters. The van der Waals surface area contributed by atoms with Crippen molar-refractivity contribution in [3.8, 4) is 23.0 Å². The smallest absolute Gasteiger partial charge is 0.165 e. The van der Waals surface area contributed by atoms with Crippen LogP contribution >= 0.6 is 0 Å². The summed E-state index contributed by atoms with van der Waals surface area (Å²) in [5.41, 5.74) is 3.57. The molecule has 0 aliphatic carbocycles. The van der Waals surface area contributed by atoms with Crippen LogP contribution in [0.3, 0.4) is 0 Å². The monoisotopic (exact) mass is 568 g/mol. The van der Waals surface area contributed by atoms with Crippen LogP contribution in [0.1, 0.15) is 39.9 Å². The van der Waals surface area contributed by atoms with Crippen molar-refractivity contribution in [2.75, 3.05) is 14.2 Å². The second-order valence-corrected chi connectivity index (χ2v) is 10.3. The number of aliphatic hydroxyl groups is 1. The Morgan fingerprint density at radius 2 is 1.31 bits per heavy atom. The minimum absolute atomic E-state index is 0.0812. The molecule has 0 spiro atoms. The van der Waals surface area contributed by atoms with Crippen molar-refractivity contribution in [2.24, 2.45) is 0 Å². The van der Waals surface area contributed by atoms with Crippen LogP contribution in [0, 0.1) is 0 Å². The van der Waals surface area contributed by atoms with E-state index in [-0.39, 0.29) is 18.3 Å². The fourth-order valence-corrected chi connectivity index (χ4v) is 5.08. The summed E-state index contributed by atoms with van der Waals surface area (Å²) in [7, 11) is 3.16. The van der Waals surface area contributed by atoms with Crippen LogP contribution in [-0.4, -0.2) is 43.4 Å². The summed E-state index contributed by atoms with van der Waals surface area (Å²) >= 11 is 0. The summed E-state index contributed by atoms with van der Waals surface area (Å²) in [5, 5.41) is 10.7. The summed E-state index contributed by atoms with van der Waals surface area (Å²) in [6, 6.07) is 30.7. The van der Waals surface area contributed by atoms with Gasteiger partial charge in [0.05, 0.1) is 32.5 Å². The van der Waals surface area contributed by atoms with E-state index in [1.807, 2.05) is 78.9 Å². The normalized spacial score (nSPS) is 17.9. The first-order valence-corrected chi connectivity index (χ1v) is 14.1. The Morgan fingerprint density at radius 3 is 1.90 bits per heavy atom. The number of hydrogen-bond donors (Lipinski definition) is 1. The van der Waals surface area contributed by atoms with E-state index in [1.165, 1.54) is 0 Å². The lowest BCUT2D eigenvalue weighted by atomic mass is 10.00. The molecule has 0 unspecified atom stereocenters. The molecule has 1 fully saturated rings. The van der Waals surface area contributed by atoms with Gasteiger partial charge in [-0.15, -0.1) is 0 Å². The summed E-state index contributed by atoms with van der Waals surface area (Å²) < 4.78 is 29.1. The highest BCUT2D eigenvalue weighted by Crippen LogP contribution is 2.33. The topological polar surface area (TPSA) is 83.5 Å². The molecule has 42 heavy (non-hydrogen) atoms. The lowest BCUT2D eigenvalue weighted by Crippen LogP contribution is -2.23. The molecule has 7 nitrogen and oxygen atoms in total. The van der Waals surface area contributed by atoms with E-state index in [0.717, 1.165) is 16.7 Å². The van der Waals surface area contributed by atoms with Crippen molar-refractivity contribution in [1.29, 1.82) is 0 Å². The fourth-order valence-electron chi connectivity index (χ4n) is 5.08. The van der Waals surface area contributed by atoms with E-state index in [2.05, 4.69) is 0 Å². The molecule has 0 saturated carbocycles. The van der Waals surface area contributed by atoms with Crippen LogP contribution in [0.15, 0.2) is 97.1 Å². The SMILES string of the molecule is COc1cc(C[C@H]2O[C@@H](CC(=O)c3ccc(OCc4ccccc4)c(OC)c3)C[C@@H]2O)ccc1OCc1ccccc1. The molecule has 1 N–H and O–H groups in total. The predicted molar refractivity (Wildman–Crippen MR) is 159 cm³/mol. The number of carbonyl (C=O) groups excluding carboxylic acids is 1. The number of hydrogen-bond acceptors (Lipinski definition) is 7. The fraction of sp³-hybridized carbons (Fsp3) is 0.286. The second kappa shape index (κ2) is 14.0. The van der Waals surface area contributed by atoms with Gasteiger partial charge in [-0.1, -0.05) is 66.7 Å². The minimum atomic E-state index is -0.675. The van der Waals surface area contributed by atoms with Crippen LogP contribution in [0.4, 0.5) is 0 Å². The number of methoxy groups -OCH3 is 2. The third-order valence-corrected chi connectivity index (χ3v) is 7.34. The van der Waals surface area contributed by atoms with Gasteiger partial charge < -0.3 is 28.8 Å². The molecule has 1 saturated heterocycles. The van der Waals surface area contributed by atoms with Gasteiger partial charge in [0.15, 0.2) is 28.8 Å². The van der Waals surface area contributed by atoms with Gasteiger partial charge in [0.1, 0.15) is 13.2 Å². The molecule has 5 rings (SSSR count). The molecule has 1 aliphatic rings. The van der Waals surface area contributed by atoms with Crippen LogP contribution in [0.5, 0.6) is 23.0 Å². The maximum absolute atomic E-state index is 13.1. The quantitative estimate of drug-likeness (QED) is 0.192. The molecule has 4 aromatic rings. The van der Waals surface area contributed by atoms with E-state index in [4.69, 9.17) is 23.7 Å². The summed E-state index contributed by atoms with van der Waals surface area (Å²) in [6.45, 7) is 0.834. The highest BCUT2D eigenvalue weighted by molar-refractivity contribution is 5.97. The number of Topliss-reactive ketones (excluding diaryl/α,β-unsaturated/α-hetero) is 1. The first kappa shape index (κ1) is 29.2. The van der Waals surface area contributed by atoms with Crippen molar-refractivity contribution in [2.45, 2.75) is 50.8 Å². The molecule has 218 valence electrons. The van der Waals surface area contributed by atoms with Gasteiger partial charge in [-0.25, -0.2) is 0 Å². The van der Waals surface area contributed by atoms with Gasteiger partial charge in [0.25, 0.3) is 0 Å². The molecule has 1 aliphatic heterocycles. The first-order valence-electron chi connectivity index (χ1n) is 14.1. The molecule has 0 amide bonds. The number of benzene rings is 4. The Labute approximate surface area is 246 Å². The number of ether oxygens (including phenoxy) is 5. The third kappa shape index (κ3) is 7.49. The van der Waals surface area contributed by atoms with Crippen molar-refractivity contribution in [3.63, 3.8) is 0 Å². The van der Waals surface area contributed by atoms with Crippen molar-refractivity contribution in [1.82, 2.24) is 0 Å². The van der Waals surface area contributed by atoms with E-state index >= 15 is 0 Å². The van der Waals surface area contributed by atoms with Crippen molar-refractivity contribution < 1.29 is 33.6 Å². The predicted octanol–water partition coefficient (Wildman–Crippen LogP) is 6.20. The Hall–Kier alpha value is -4.33. The summed E-state index contributed by atoms with van der Waals surface area (Å²) in [6.07, 6.45) is -0.439. The van der Waals surface area contributed by atoms with E-state index in [9.17, 15) is 9.90 Å². The number of carbonyl (C=O) groups is 1. The Morgan fingerprint density at radius 1 is 0.738 bits per heavy atom. The van der Waals surface area contributed by atoms with Gasteiger partial charge in [-0.2, -0.15) is 0 Å². The lowest BCUT2D eigenvalue weighted by molar-refractivity contribution is 0.00931. The van der Waals surface area contributed by atoms with Gasteiger partial charge in [0.2, 0.25) is 0 Å². The van der Waals surface area contributed by atoms with Crippen LogP contribution < -0.4 is 18.9 Å². The minimum Gasteiger partial charge on any atom is -0.493 e. The largest absolute Gasteiger partial charge is 0.493 e. The molecule has 0 radical (unpaired) electrons. The van der Waals surface area contributed by atoms with E-state index in [1.54, 1.807) is 32.4 Å². The Kier molecular flexibility index (Phi) is 9.74. The highest BCUT2D eigenvalue weighted by Gasteiger charge is 2.35.